The molecule has 0 aromatic heterocycles. The molecule has 1 amide bonds. The second-order valence-corrected chi connectivity index (χ2v) is 7.88. The lowest BCUT2D eigenvalue weighted by molar-refractivity contribution is -0.130. The number of benzene rings is 1. The van der Waals surface area contributed by atoms with E-state index in [0.717, 1.165) is 77.0 Å². The molecule has 0 unspecified atom stereocenters. The van der Waals surface area contributed by atoms with Gasteiger partial charge in [-0.3, -0.25) is 14.7 Å². The highest BCUT2D eigenvalue weighted by Crippen LogP contribution is 2.20. The molecule has 33 heavy (non-hydrogen) atoms. The van der Waals surface area contributed by atoms with E-state index in [-0.39, 0.29) is 29.9 Å². The zero-order chi connectivity index (χ0) is 23.2. The van der Waals surface area contributed by atoms with Gasteiger partial charge in [0.05, 0.1) is 7.11 Å². The number of methoxy groups -OCH3 is 1. The van der Waals surface area contributed by atoms with Crippen LogP contribution in [0.1, 0.15) is 33.6 Å². The molecule has 0 atom stereocenters. The summed E-state index contributed by atoms with van der Waals surface area (Å²) in [6.07, 6.45) is 1.52. The molecule has 1 aromatic carbocycles. The lowest BCUT2D eigenvalue weighted by Gasteiger charge is -2.36. The molecule has 2 rings (SSSR count). The normalized spacial score (nSPS) is 14.4. The summed E-state index contributed by atoms with van der Waals surface area (Å²) >= 11 is 0. The molecule has 1 heterocycles. The molecule has 1 aromatic rings. The molecule has 1 aliphatic heterocycles. The first kappa shape index (κ1) is 29.3. The van der Waals surface area contributed by atoms with Crippen molar-refractivity contribution in [1.82, 2.24) is 20.4 Å². The third kappa shape index (κ3) is 10.4. The first-order chi connectivity index (χ1) is 15.6. The van der Waals surface area contributed by atoms with Gasteiger partial charge in [-0.2, -0.15) is 0 Å². The van der Waals surface area contributed by atoms with Gasteiger partial charge in [0.2, 0.25) is 5.91 Å². The smallest absolute Gasteiger partial charge is 0.224 e. The molecule has 0 saturated carbocycles. The third-order valence-corrected chi connectivity index (χ3v) is 5.80. The van der Waals surface area contributed by atoms with Crippen molar-refractivity contribution in [1.29, 1.82) is 0 Å². The summed E-state index contributed by atoms with van der Waals surface area (Å²) in [5, 5.41) is 6.56. The number of hydrogen-bond donors (Lipinski definition) is 2. The van der Waals surface area contributed by atoms with Crippen LogP contribution in [-0.2, 0) is 4.79 Å². The number of piperazine rings is 1. The average molecular weight is 575 g/mol. The van der Waals surface area contributed by atoms with E-state index in [1.54, 1.807) is 7.11 Å². The summed E-state index contributed by atoms with van der Waals surface area (Å²) in [6, 6.07) is 8.31. The topological polar surface area (TPSA) is 72.4 Å². The predicted molar refractivity (Wildman–Crippen MR) is 148 cm³/mol. The number of halogens is 1. The monoisotopic (exact) mass is 574 g/mol. The van der Waals surface area contributed by atoms with E-state index in [9.17, 15) is 4.79 Å². The van der Waals surface area contributed by atoms with Gasteiger partial charge >= 0.3 is 0 Å². The number of anilines is 1. The molecule has 0 spiro atoms. The Kier molecular flexibility index (Phi) is 14.9. The number of amides is 1. The van der Waals surface area contributed by atoms with Crippen molar-refractivity contribution in [2.24, 2.45) is 4.99 Å². The number of carbonyl (C=O) groups is 1. The summed E-state index contributed by atoms with van der Waals surface area (Å²) < 4.78 is 5.25. The van der Waals surface area contributed by atoms with Gasteiger partial charge in [-0.1, -0.05) is 0 Å². The van der Waals surface area contributed by atoms with E-state index < -0.39 is 0 Å². The second-order valence-electron chi connectivity index (χ2n) is 7.88. The van der Waals surface area contributed by atoms with Crippen LogP contribution >= 0.6 is 24.0 Å². The van der Waals surface area contributed by atoms with Crippen LogP contribution in [0.2, 0.25) is 0 Å². The zero-order valence-electron chi connectivity index (χ0n) is 20.8. The second kappa shape index (κ2) is 16.8. The maximum absolute atomic E-state index is 12.1. The molecule has 9 heteroatoms. The van der Waals surface area contributed by atoms with Crippen molar-refractivity contribution in [3.63, 3.8) is 0 Å². The first-order valence-electron chi connectivity index (χ1n) is 12.0. The maximum atomic E-state index is 12.1. The van der Waals surface area contributed by atoms with E-state index in [4.69, 9.17) is 4.74 Å². The van der Waals surface area contributed by atoms with E-state index in [0.29, 0.717) is 13.0 Å². The van der Waals surface area contributed by atoms with Gasteiger partial charge in [0.25, 0.3) is 0 Å². The van der Waals surface area contributed by atoms with Crippen LogP contribution in [0.15, 0.2) is 29.3 Å². The Morgan fingerprint density at radius 1 is 1.06 bits per heavy atom. The van der Waals surface area contributed by atoms with Crippen molar-refractivity contribution in [3.05, 3.63) is 24.3 Å². The fourth-order valence-corrected chi connectivity index (χ4v) is 3.87. The van der Waals surface area contributed by atoms with Gasteiger partial charge in [0, 0.05) is 77.6 Å². The van der Waals surface area contributed by atoms with Crippen LogP contribution in [0.4, 0.5) is 5.69 Å². The van der Waals surface area contributed by atoms with Gasteiger partial charge < -0.3 is 25.2 Å². The Balaban J connectivity index is 0.00000544. The molecular weight excluding hydrogens is 531 g/mol. The van der Waals surface area contributed by atoms with E-state index in [1.807, 2.05) is 30.9 Å². The molecule has 1 saturated heterocycles. The van der Waals surface area contributed by atoms with Crippen LogP contribution in [0.5, 0.6) is 5.75 Å². The Hall–Kier alpha value is -1.75. The van der Waals surface area contributed by atoms with Gasteiger partial charge in [0.15, 0.2) is 5.96 Å². The van der Waals surface area contributed by atoms with Gasteiger partial charge in [-0.25, -0.2) is 0 Å². The SMILES string of the molecule is CCNC(=NCCCN1CCN(c2ccc(OC)cc2)CC1)NCCC(=O)N(CC)CC.I. The quantitative estimate of drug-likeness (QED) is 0.173. The van der Waals surface area contributed by atoms with Crippen molar-refractivity contribution < 1.29 is 9.53 Å². The molecule has 8 nitrogen and oxygen atoms in total. The molecule has 0 bridgehead atoms. The van der Waals surface area contributed by atoms with Crippen LogP contribution in [0.25, 0.3) is 0 Å². The number of hydrogen-bond acceptors (Lipinski definition) is 5. The first-order valence-corrected chi connectivity index (χ1v) is 12.0. The largest absolute Gasteiger partial charge is 0.497 e. The summed E-state index contributed by atoms with van der Waals surface area (Å²) in [5.74, 6) is 1.88. The summed E-state index contributed by atoms with van der Waals surface area (Å²) in [6.45, 7) is 15.1. The highest BCUT2D eigenvalue weighted by Gasteiger charge is 2.16. The predicted octanol–water partition coefficient (Wildman–Crippen LogP) is 2.64. The minimum Gasteiger partial charge on any atom is -0.497 e. The van der Waals surface area contributed by atoms with E-state index in [2.05, 4.69) is 44.5 Å². The standard InChI is InChI=1S/C24H42N6O2.HI/c1-5-25-24(27-15-13-23(31)29(6-2)7-3)26-14-8-16-28-17-19-30(20-18-28)21-9-11-22(32-4)12-10-21;/h9-12H,5-8,13-20H2,1-4H3,(H2,25,26,27);1H. The number of rotatable bonds is 12. The highest BCUT2D eigenvalue weighted by molar-refractivity contribution is 14.0. The lowest BCUT2D eigenvalue weighted by Crippen LogP contribution is -2.46. The average Bonchev–Trinajstić information content (AvgIpc) is 2.83. The van der Waals surface area contributed by atoms with Gasteiger partial charge in [-0.15, -0.1) is 24.0 Å². The maximum Gasteiger partial charge on any atom is 0.224 e. The molecule has 2 N–H and O–H groups in total. The van der Waals surface area contributed by atoms with Crippen molar-refractivity contribution in [2.75, 3.05) is 77.5 Å². The van der Waals surface area contributed by atoms with Crippen molar-refractivity contribution in [3.8, 4) is 5.75 Å². The number of nitrogens with zero attached hydrogens (tertiary/aromatic N) is 4. The van der Waals surface area contributed by atoms with Crippen LogP contribution in [-0.4, -0.2) is 94.2 Å². The fraction of sp³-hybridized carbons (Fsp3) is 0.667. The Bertz CT molecular complexity index is 689. The van der Waals surface area contributed by atoms with E-state index >= 15 is 0 Å². The van der Waals surface area contributed by atoms with Gasteiger partial charge in [0.1, 0.15) is 5.75 Å². The van der Waals surface area contributed by atoms with E-state index in [1.165, 1.54) is 5.69 Å². The molecule has 0 aliphatic carbocycles. The molecule has 188 valence electrons. The molecule has 0 radical (unpaired) electrons. The Labute approximate surface area is 217 Å². The fourth-order valence-electron chi connectivity index (χ4n) is 3.87. The minimum atomic E-state index is 0. The third-order valence-electron chi connectivity index (χ3n) is 5.80. The number of nitrogens with one attached hydrogen (secondary N) is 2. The zero-order valence-corrected chi connectivity index (χ0v) is 23.1. The number of aliphatic imine (C=N–C) groups is 1. The molecule has 1 aliphatic rings. The van der Waals surface area contributed by atoms with Crippen molar-refractivity contribution in [2.45, 2.75) is 33.6 Å². The van der Waals surface area contributed by atoms with Crippen LogP contribution in [0, 0.1) is 0 Å². The lowest BCUT2D eigenvalue weighted by atomic mass is 10.2. The molecule has 1 fully saturated rings. The number of guanidine groups is 1. The molecular formula is C24H43IN6O2. The van der Waals surface area contributed by atoms with Crippen LogP contribution in [0.3, 0.4) is 0 Å². The Morgan fingerprint density at radius 3 is 2.30 bits per heavy atom. The Morgan fingerprint density at radius 2 is 1.73 bits per heavy atom. The minimum absolute atomic E-state index is 0. The van der Waals surface area contributed by atoms with Crippen molar-refractivity contribution >= 4 is 41.5 Å². The number of carbonyl (C=O) groups excluding carboxylic acids is 1. The highest BCUT2D eigenvalue weighted by atomic mass is 127. The summed E-state index contributed by atoms with van der Waals surface area (Å²) in [4.78, 5) is 23.6. The van der Waals surface area contributed by atoms with Gasteiger partial charge in [-0.05, 0) is 51.5 Å². The summed E-state index contributed by atoms with van der Waals surface area (Å²) in [5.41, 5.74) is 1.26. The number of ether oxygens (including phenoxy) is 1. The van der Waals surface area contributed by atoms with Crippen LogP contribution < -0.4 is 20.3 Å². The summed E-state index contributed by atoms with van der Waals surface area (Å²) in [7, 11) is 1.70.